The van der Waals surface area contributed by atoms with Crippen LogP contribution >= 0.6 is 0 Å². The van der Waals surface area contributed by atoms with E-state index in [1.807, 2.05) is 13.0 Å². The first kappa shape index (κ1) is 15.7. The van der Waals surface area contributed by atoms with E-state index in [1.165, 1.54) is 11.6 Å². The Hall–Kier alpha value is -1.67. The van der Waals surface area contributed by atoms with Crippen molar-refractivity contribution < 1.29 is 4.39 Å². The topological polar surface area (TPSA) is 26.0 Å². The van der Waals surface area contributed by atoms with Gasteiger partial charge >= 0.3 is 0 Å². The number of benzene rings is 2. The largest absolute Gasteiger partial charge is 0.324 e. The average molecular weight is 285 g/mol. The molecule has 112 valence electrons. The molecule has 0 fully saturated rings. The summed E-state index contributed by atoms with van der Waals surface area (Å²) in [5, 5.41) is 0. The van der Waals surface area contributed by atoms with Gasteiger partial charge in [0.2, 0.25) is 0 Å². The minimum absolute atomic E-state index is 0.143. The summed E-state index contributed by atoms with van der Waals surface area (Å²) < 4.78 is 13.9. The minimum atomic E-state index is -0.314. The number of rotatable bonds is 3. The summed E-state index contributed by atoms with van der Waals surface area (Å²) in [6.45, 7) is 8.45. The zero-order valence-electron chi connectivity index (χ0n) is 13.3. The zero-order valence-corrected chi connectivity index (χ0v) is 13.3. The third kappa shape index (κ3) is 3.92. The van der Waals surface area contributed by atoms with E-state index in [-0.39, 0.29) is 17.3 Å². The molecule has 0 heterocycles. The van der Waals surface area contributed by atoms with E-state index in [4.69, 9.17) is 5.73 Å². The van der Waals surface area contributed by atoms with Crippen LogP contribution < -0.4 is 5.73 Å². The molecule has 2 aromatic rings. The predicted molar refractivity (Wildman–Crippen MR) is 86.9 cm³/mol. The lowest BCUT2D eigenvalue weighted by Gasteiger charge is -2.20. The third-order valence-electron chi connectivity index (χ3n) is 3.83. The van der Waals surface area contributed by atoms with Gasteiger partial charge in [-0.3, -0.25) is 0 Å². The van der Waals surface area contributed by atoms with Crippen LogP contribution in [0, 0.1) is 12.7 Å². The molecule has 0 aliphatic rings. The van der Waals surface area contributed by atoms with Gasteiger partial charge in [0.05, 0.1) is 0 Å². The SMILES string of the molecule is Cc1ccc(C(N)Cc2ccc(C(C)(C)C)cc2)c(F)c1. The highest BCUT2D eigenvalue weighted by Crippen LogP contribution is 2.24. The third-order valence-corrected chi connectivity index (χ3v) is 3.83. The van der Waals surface area contributed by atoms with E-state index >= 15 is 0 Å². The molecule has 0 bridgehead atoms. The summed E-state index contributed by atoms with van der Waals surface area (Å²) in [5.74, 6) is -0.214. The summed E-state index contributed by atoms with van der Waals surface area (Å²) in [6, 6.07) is 13.4. The Balaban J connectivity index is 2.14. The fourth-order valence-corrected chi connectivity index (χ4v) is 2.44. The smallest absolute Gasteiger partial charge is 0.128 e. The van der Waals surface area contributed by atoms with Gasteiger partial charge in [-0.15, -0.1) is 0 Å². The molecular weight excluding hydrogens is 261 g/mol. The van der Waals surface area contributed by atoms with E-state index < -0.39 is 0 Å². The molecule has 2 rings (SSSR count). The lowest BCUT2D eigenvalue weighted by atomic mass is 9.86. The van der Waals surface area contributed by atoms with E-state index in [9.17, 15) is 4.39 Å². The molecule has 0 spiro atoms. The Kier molecular flexibility index (Phi) is 4.48. The summed E-state index contributed by atoms with van der Waals surface area (Å²) in [6.07, 6.45) is 0.643. The van der Waals surface area contributed by atoms with Crippen molar-refractivity contribution in [1.29, 1.82) is 0 Å². The lowest BCUT2D eigenvalue weighted by Crippen LogP contribution is -2.15. The highest BCUT2D eigenvalue weighted by atomic mass is 19.1. The first-order chi connectivity index (χ1) is 9.77. The van der Waals surface area contributed by atoms with Gasteiger partial charge in [-0.2, -0.15) is 0 Å². The van der Waals surface area contributed by atoms with Crippen LogP contribution in [0.5, 0.6) is 0 Å². The average Bonchev–Trinajstić information content (AvgIpc) is 2.38. The van der Waals surface area contributed by atoms with Crippen LogP contribution in [0.15, 0.2) is 42.5 Å². The Morgan fingerprint density at radius 3 is 2.19 bits per heavy atom. The molecule has 0 aliphatic carbocycles. The van der Waals surface area contributed by atoms with E-state index in [0.29, 0.717) is 12.0 Å². The Bertz CT molecular complexity index is 608. The molecular formula is C19H24FN. The van der Waals surface area contributed by atoms with Gasteiger partial charge in [0.25, 0.3) is 0 Å². The van der Waals surface area contributed by atoms with Gasteiger partial charge in [0.1, 0.15) is 5.82 Å². The van der Waals surface area contributed by atoms with Crippen LogP contribution in [0.4, 0.5) is 4.39 Å². The number of hydrogen-bond donors (Lipinski definition) is 1. The maximum Gasteiger partial charge on any atom is 0.128 e. The van der Waals surface area contributed by atoms with Crippen molar-refractivity contribution in [2.45, 2.75) is 45.6 Å². The van der Waals surface area contributed by atoms with Crippen LogP contribution in [-0.2, 0) is 11.8 Å². The number of hydrogen-bond acceptors (Lipinski definition) is 1. The molecule has 2 heteroatoms. The molecule has 1 unspecified atom stereocenters. The summed E-state index contributed by atoms with van der Waals surface area (Å²) in [7, 11) is 0. The molecule has 0 saturated heterocycles. The van der Waals surface area contributed by atoms with Crippen molar-refractivity contribution >= 4 is 0 Å². The normalized spacial score (nSPS) is 13.2. The summed E-state index contributed by atoms with van der Waals surface area (Å²) in [4.78, 5) is 0. The van der Waals surface area contributed by atoms with Gasteiger partial charge in [0.15, 0.2) is 0 Å². The number of nitrogens with two attached hydrogens (primary N) is 1. The van der Waals surface area contributed by atoms with Crippen LogP contribution in [0.25, 0.3) is 0 Å². The second-order valence-corrected chi connectivity index (χ2v) is 6.78. The monoisotopic (exact) mass is 285 g/mol. The van der Waals surface area contributed by atoms with Crippen LogP contribution in [0.1, 0.15) is 49.1 Å². The first-order valence-corrected chi connectivity index (χ1v) is 7.38. The predicted octanol–water partition coefficient (Wildman–Crippen LogP) is 4.67. The Labute approximate surface area is 127 Å². The van der Waals surface area contributed by atoms with Gasteiger partial charge in [-0.05, 0) is 41.5 Å². The van der Waals surface area contributed by atoms with Gasteiger partial charge in [-0.1, -0.05) is 57.2 Å². The van der Waals surface area contributed by atoms with Crippen molar-refractivity contribution in [1.82, 2.24) is 0 Å². The fraction of sp³-hybridized carbons (Fsp3) is 0.368. The van der Waals surface area contributed by atoms with Crippen molar-refractivity contribution in [3.63, 3.8) is 0 Å². The highest BCUT2D eigenvalue weighted by Gasteiger charge is 2.15. The molecule has 1 atom stereocenters. The standard InChI is InChI=1S/C19H24FN/c1-13-5-10-16(17(20)11-13)18(21)12-14-6-8-15(9-7-14)19(2,3)4/h5-11,18H,12,21H2,1-4H3. The second kappa shape index (κ2) is 5.98. The van der Waals surface area contributed by atoms with Crippen molar-refractivity contribution in [2.75, 3.05) is 0 Å². The maximum atomic E-state index is 13.9. The molecule has 1 nitrogen and oxygen atoms in total. The number of halogens is 1. The molecule has 0 radical (unpaired) electrons. The van der Waals surface area contributed by atoms with Gasteiger partial charge < -0.3 is 5.73 Å². The summed E-state index contributed by atoms with van der Waals surface area (Å²) in [5.41, 5.74) is 10.2. The first-order valence-electron chi connectivity index (χ1n) is 7.38. The molecule has 21 heavy (non-hydrogen) atoms. The summed E-state index contributed by atoms with van der Waals surface area (Å²) >= 11 is 0. The maximum absolute atomic E-state index is 13.9. The molecule has 0 aliphatic heterocycles. The van der Waals surface area contributed by atoms with E-state index in [0.717, 1.165) is 11.1 Å². The van der Waals surface area contributed by atoms with Crippen LogP contribution in [-0.4, -0.2) is 0 Å². The Morgan fingerprint density at radius 2 is 1.67 bits per heavy atom. The van der Waals surface area contributed by atoms with Crippen molar-refractivity contribution in [3.8, 4) is 0 Å². The Morgan fingerprint density at radius 1 is 1.05 bits per heavy atom. The van der Waals surface area contributed by atoms with E-state index in [1.54, 1.807) is 6.07 Å². The van der Waals surface area contributed by atoms with Gasteiger partial charge in [-0.25, -0.2) is 4.39 Å². The van der Waals surface area contributed by atoms with Crippen LogP contribution in [0.2, 0.25) is 0 Å². The van der Waals surface area contributed by atoms with E-state index in [2.05, 4.69) is 45.0 Å². The van der Waals surface area contributed by atoms with Crippen LogP contribution in [0.3, 0.4) is 0 Å². The van der Waals surface area contributed by atoms with Crippen molar-refractivity contribution in [3.05, 3.63) is 70.5 Å². The molecule has 2 aromatic carbocycles. The molecule has 0 aromatic heterocycles. The molecule has 0 saturated carbocycles. The number of aryl methyl sites for hydroxylation is 1. The quantitative estimate of drug-likeness (QED) is 0.871. The van der Waals surface area contributed by atoms with Crippen molar-refractivity contribution in [2.24, 2.45) is 5.73 Å². The lowest BCUT2D eigenvalue weighted by molar-refractivity contribution is 0.578. The zero-order chi connectivity index (χ0) is 15.6. The minimum Gasteiger partial charge on any atom is -0.324 e. The molecule has 2 N–H and O–H groups in total. The second-order valence-electron chi connectivity index (χ2n) is 6.78. The highest BCUT2D eigenvalue weighted by molar-refractivity contribution is 5.31. The molecule has 0 amide bonds. The van der Waals surface area contributed by atoms with Gasteiger partial charge in [0, 0.05) is 11.6 Å². The fourth-order valence-electron chi connectivity index (χ4n) is 2.44.